The summed E-state index contributed by atoms with van der Waals surface area (Å²) in [6.45, 7) is 9.78. The Morgan fingerprint density at radius 1 is 1.38 bits per heavy atom. The van der Waals surface area contributed by atoms with Gasteiger partial charge in [-0.15, -0.1) is 0 Å². The molecule has 0 spiro atoms. The highest BCUT2D eigenvalue weighted by Gasteiger charge is 2.36. The average Bonchev–Trinajstić information content (AvgIpc) is 3.01. The van der Waals surface area contributed by atoms with E-state index in [-0.39, 0.29) is 17.4 Å². The standard InChI is InChI=1S/C20H34N2O2/c1-14-13-16(14)17-9-7-15(24-17)8-10-19(23)21-18(20(2,3)4)11-12-22(5)6/h7,9,14,16,18H,8,10-13H2,1-6H3,(H,21,23)/t14-,16+,18-/m1/s1. The topological polar surface area (TPSA) is 45.5 Å². The van der Waals surface area contributed by atoms with Crippen molar-refractivity contribution < 1.29 is 9.21 Å². The van der Waals surface area contributed by atoms with E-state index < -0.39 is 0 Å². The molecule has 2 rings (SSSR count). The highest BCUT2D eigenvalue weighted by Crippen LogP contribution is 2.47. The van der Waals surface area contributed by atoms with E-state index in [0.29, 0.717) is 18.8 Å². The molecule has 1 aromatic rings. The number of hydrogen-bond acceptors (Lipinski definition) is 3. The third-order valence-electron chi connectivity index (χ3n) is 5.00. The van der Waals surface area contributed by atoms with Crippen LogP contribution in [0.25, 0.3) is 0 Å². The normalized spacial score (nSPS) is 21.8. The fraction of sp³-hybridized carbons (Fsp3) is 0.750. The molecule has 0 unspecified atom stereocenters. The van der Waals surface area contributed by atoms with Crippen LogP contribution in [0.5, 0.6) is 0 Å². The number of furan rings is 1. The Hall–Kier alpha value is -1.29. The summed E-state index contributed by atoms with van der Waals surface area (Å²) in [5.74, 6) is 3.49. The van der Waals surface area contributed by atoms with Crippen molar-refractivity contribution in [3.05, 3.63) is 23.7 Å². The van der Waals surface area contributed by atoms with Gasteiger partial charge in [0.05, 0.1) is 0 Å². The van der Waals surface area contributed by atoms with Crippen LogP contribution in [-0.4, -0.2) is 37.5 Å². The third-order valence-corrected chi connectivity index (χ3v) is 5.00. The average molecular weight is 335 g/mol. The van der Waals surface area contributed by atoms with Crippen molar-refractivity contribution in [1.82, 2.24) is 10.2 Å². The maximum absolute atomic E-state index is 12.4. The van der Waals surface area contributed by atoms with Crippen molar-refractivity contribution in [3.8, 4) is 0 Å². The molecule has 1 aliphatic rings. The maximum Gasteiger partial charge on any atom is 0.220 e. The molecule has 1 fully saturated rings. The van der Waals surface area contributed by atoms with E-state index in [1.165, 1.54) is 6.42 Å². The smallest absolute Gasteiger partial charge is 0.220 e. The lowest BCUT2D eigenvalue weighted by Crippen LogP contribution is -2.45. The molecule has 3 atom stereocenters. The Labute approximate surface area is 147 Å². The van der Waals surface area contributed by atoms with Gasteiger partial charge >= 0.3 is 0 Å². The number of aryl methyl sites for hydroxylation is 1. The van der Waals surface area contributed by atoms with Crippen LogP contribution in [0.2, 0.25) is 0 Å². The van der Waals surface area contributed by atoms with Gasteiger partial charge < -0.3 is 14.6 Å². The lowest BCUT2D eigenvalue weighted by molar-refractivity contribution is -0.122. The van der Waals surface area contributed by atoms with E-state index in [9.17, 15) is 4.79 Å². The van der Waals surface area contributed by atoms with Crippen LogP contribution in [0.15, 0.2) is 16.5 Å². The molecule has 1 aliphatic carbocycles. The quantitative estimate of drug-likeness (QED) is 0.786. The molecule has 1 amide bonds. The van der Waals surface area contributed by atoms with Gasteiger partial charge in [0.25, 0.3) is 0 Å². The van der Waals surface area contributed by atoms with Crippen LogP contribution in [-0.2, 0) is 11.2 Å². The van der Waals surface area contributed by atoms with Gasteiger partial charge in [-0.3, -0.25) is 4.79 Å². The van der Waals surface area contributed by atoms with Crippen LogP contribution in [0, 0.1) is 11.3 Å². The van der Waals surface area contributed by atoms with Gasteiger partial charge in [0, 0.05) is 24.8 Å². The van der Waals surface area contributed by atoms with Gasteiger partial charge in [-0.05, 0) is 56.9 Å². The van der Waals surface area contributed by atoms with Crippen molar-refractivity contribution in [2.45, 2.75) is 65.3 Å². The molecule has 24 heavy (non-hydrogen) atoms. The molecule has 1 heterocycles. The molecule has 0 saturated heterocycles. The van der Waals surface area contributed by atoms with Crippen molar-refractivity contribution in [2.75, 3.05) is 20.6 Å². The molecule has 0 aromatic carbocycles. The second kappa shape index (κ2) is 7.73. The van der Waals surface area contributed by atoms with Gasteiger partial charge in [-0.1, -0.05) is 27.7 Å². The molecular weight excluding hydrogens is 300 g/mol. The minimum Gasteiger partial charge on any atom is -0.466 e. The predicted molar refractivity (Wildman–Crippen MR) is 98.1 cm³/mol. The number of rotatable bonds is 8. The molecule has 4 nitrogen and oxygen atoms in total. The summed E-state index contributed by atoms with van der Waals surface area (Å²) >= 11 is 0. The number of amides is 1. The lowest BCUT2D eigenvalue weighted by Gasteiger charge is -2.32. The molecule has 0 bridgehead atoms. The molecule has 1 N–H and O–H groups in total. The Morgan fingerprint density at radius 3 is 2.58 bits per heavy atom. The summed E-state index contributed by atoms with van der Waals surface area (Å²) in [5, 5.41) is 3.22. The number of nitrogens with one attached hydrogen (secondary N) is 1. The fourth-order valence-electron chi connectivity index (χ4n) is 3.06. The highest BCUT2D eigenvalue weighted by molar-refractivity contribution is 5.76. The van der Waals surface area contributed by atoms with Gasteiger partial charge in [0.1, 0.15) is 11.5 Å². The Kier molecular flexibility index (Phi) is 6.13. The zero-order valence-corrected chi connectivity index (χ0v) is 16.2. The van der Waals surface area contributed by atoms with Crippen LogP contribution in [0.4, 0.5) is 0 Å². The minimum atomic E-state index is 0.0611. The van der Waals surface area contributed by atoms with E-state index in [1.54, 1.807) is 0 Å². The molecule has 136 valence electrons. The van der Waals surface area contributed by atoms with E-state index in [4.69, 9.17) is 4.42 Å². The first-order valence-corrected chi connectivity index (χ1v) is 9.19. The summed E-state index contributed by atoms with van der Waals surface area (Å²) in [7, 11) is 4.13. The Balaban J connectivity index is 1.80. The van der Waals surface area contributed by atoms with Crippen LogP contribution < -0.4 is 5.32 Å². The first-order valence-electron chi connectivity index (χ1n) is 9.19. The van der Waals surface area contributed by atoms with Crippen LogP contribution >= 0.6 is 0 Å². The van der Waals surface area contributed by atoms with Gasteiger partial charge in [0.15, 0.2) is 0 Å². The van der Waals surface area contributed by atoms with Crippen molar-refractivity contribution in [3.63, 3.8) is 0 Å². The zero-order chi connectivity index (χ0) is 17.9. The minimum absolute atomic E-state index is 0.0611. The highest BCUT2D eigenvalue weighted by atomic mass is 16.3. The SMILES string of the molecule is C[C@@H]1C[C@@H]1c1ccc(CCC(=O)N[C@H](CCN(C)C)C(C)(C)C)o1. The van der Waals surface area contributed by atoms with Crippen LogP contribution in [0.3, 0.4) is 0 Å². The largest absolute Gasteiger partial charge is 0.466 e. The summed E-state index contributed by atoms with van der Waals surface area (Å²) in [4.78, 5) is 14.5. The summed E-state index contributed by atoms with van der Waals surface area (Å²) in [6, 6.07) is 4.30. The Bertz CT molecular complexity index is 542. The zero-order valence-electron chi connectivity index (χ0n) is 16.2. The second-order valence-corrected chi connectivity index (χ2v) is 8.70. The number of hydrogen-bond donors (Lipinski definition) is 1. The van der Waals surface area contributed by atoms with E-state index in [2.05, 4.69) is 58.1 Å². The number of carbonyl (C=O) groups is 1. The molecule has 4 heteroatoms. The summed E-state index contributed by atoms with van der Waals surface area (Å²) < 4.78 is 5.89. The van der Waals surface area contributed by atoms with Crippen LogP contribution in [0.1, 0.15) is 64.4 Å². The first-order chi connectivity index (χ1) is 11.2. The van der Waals surface area contributed by atoms with Crippen molar-refractivity contribution in [2.24, 2.45) is 11.3 Å². The lowest BCUT2D eigenvalue weighted by atomic mass is 9.84. The monoisotopic (exact) mass is 334 g/mol. The first kappa shape index (κ1) is 19.0. The van der Waals surface area contributed by atoms with E-state index >= 15 is 0 Å². The molecule has 1 aromatic heterocycles. The van der Waals surface area contributed by atoms with Crippen molar-refractivity contribution in [1.29, 1.82) is 0 Å². The molecular formula is C20H34N2O2. The van der Waals surface area contributed by atoms with Gasteiger partial charge in [0.2, 0.25) is 5.91 Å². The molecule has 0 aliphatic heterocycles. The summed E-state index contributed by atoms with van der Waals surface area (Å²) in [5.41, 5.74) is 0.0611. The second-order valence-electron chi connectivity index (χ2n) is 8.70. The summed E-state index contributed by atoms with van der Waals surface area (Å²) in [6.07, 6.45) is 3.36. The van der Waals surface area contributed by atoms with E-state index in [1.807, 2.05) is 6.07 Å². The molecule has 1 saturated carbocycles. The van der Waals surface area contributed by atoms with Gasteiger partial charge in [-0.25, -0.2) is 0 Å². The predicted octanol–water partition coefficient (Wildman–Crippen LogP) is 3.82. The fourth-order valence-corrected chi connectivity index (χ4v) is 3.06. The number of nitrogens with zero attached hydrogens (tertiary/aromatic N) is 1. The Morgan fingerprint density at radius 2 is 2.04 bits per heavy atom. The maximum atomic E-state index is 12.4. The van der Waals surface area contributed by atoms with Crippen molar-refractivity contribution >= 4 is 5.91 Å². The number of carbonyl (C=O) groups excluding carboxylic acids is 1. The third kappa shape index (κ3) is 5.66. The molecule has 0 radical (unpaired) electrons. The van der Waals surface area contributed by atoms with E-state index in [0.717, 1.165) is 30.4 Å². The van der Waals surface area contributed by atoms with Gasteiger partial charge in [-0.2, -0.15) is 0 Å².